The number of carboxylic acid groups (broad SMARTS) is 1. The van der Waals surface area contributed by atoms with Crippen LogP contribution < -0.4 is 4.74 Å². The topological polar surface area (TPSA) is 46.5 Å². The second-order valence-corrected chi connectivity index (χ2v) is 10.2. The fourth-order valence-electron chi connectivity index (χ4n) is 3.49. The van der Waals surface area contributed by atoms with Crippen molar-refractivity contribution >= 4 is 29.5 Å². The van der Waals surface area contributed by atoms with E-state index in [4.69, 9.17) is 9.84 Å². The van der Waals surface area contributed by atoms with Gasteiger partial charge in [0.05, 0.1) is 5.56 Å². The molecular weight excluding hydrogens is 457 g/mol. The number of rotatable bonds is 7. The third kappa shape index (κ3) is 6.25. The minimum Gasteiger partial charge on any atom is -0.482 e. The Bertz CT molecular complexity index is 1000. The van der Waals surface area contributed by atoms with Gasteiger partial charge in [-0.05, 0) is 72.6 Å². The van der Waals surface area contributed by atoms with Crippen molar-refractivity contribution in [3.8, 4) is 5.75 Å². The summed E-state index contributed by atoms with van der Waals surface area (Å²) in [4.78, 5) is 13.0. The molecule has 1 aliphatic rings. The molecule has 0 aliphatic carbocycles. The number of aryl methyl sites for hydroxylation is 1. The molecule has 1 N–H and O–H groups in total. The van der Waals surface area contributed by atoms with Crippen molar-refractivity contribution in [2.75, 3.05) is 12.4 Å². The molecule has 0 saturated heterocycles. The quantitative estimate of drug-likeness (QED) is 0.418. The second-order valence-electron chi connectivity index (χ2n) is 7.87. The van der Waals surface area contributed by atoms with Gasteiger partial charge in [-0.15, -0.1) is 23.5 Å². The monoisotopic (exact) mass is 482 g/mol. The van der Waals surface area contributed by atoms with Gasteiger partial charge in [0, 0.05) is 15.9 Å². The molecule has 0 fully saturated rings. The number of hydrogen-bond donors (Lipinski definition) is 1. The molecule has 3 rings (SSSR count). The standard InChI is InChI=1S/C24H25F3O3S2/c1-14-11-21(17-4-6-18(7-5-17)24(25,26)27)32-22(16(14)3)13-31-19-8-9-20(15(2)10-19)30-12-23(28)29/h4-10,14,21H,11-13H2,1-3H3,(H,28,29). The summed E-state index contributed by atoms with van der Waals surface area (Å²) in [6.07, 6.45) is -3.43. The van der Waals surface area contributed by atoms with Crippen molar-refractivity contribution < 1.29 is 27.8 Å². The minimum atomic E-state index is -4.32. The van der Waals surface area contributed by atoms with Crippen LogP contribution in [0.2, 0.25) is 0 Å². The lowest BCUT2D eigenvalue weighted by molar-refractivity contribution is -0.139. The summed E-state index contributed by atoms with van der Waals surface area (Å²) in [6, 6.07) is 11.2. The molecule has 2 atom stereocenters. The Hall–Kier alpha value is -2.06. The van der Waals surface area contributed by atoms with Crippen LogP contribution in [0.4, 0.5) is 13.2 Å². The van der Waals surface area contributed by atoms with Crippen molar-refractivity contribution in [3.05, 3.63) is 69.6 Å². The number of hydrogen-bond acceptors (Lipinski definition) is 4. The average molecular weight is 483 g/mol. The van der Waals surface area contributed by atoms with Crippen LogP contribution in [-0.4, -0.2) is 23.4 Å². The highest BCUT2D eigenvalue weighted by atomic mass is 32.2. The molecule has 0 radical (unpaired) electrons. The molecule has 0 spiro atoms. The first-order valence-electron chi connectivity index (χ1n) is 10.2. The molecule has 1 aliphatic heterocycles. The number of halogens is 3. The van der Waals surface area contributed by atoms with Gasteiger partial charge in [0.2, 0.25) is 0 Å². The molecule has 0 bridgehead atoms. The van der Waals surface area contributed by atoms with Crippen LogP contribution in [0.15, 0.2) is 57.8 Å². The van der Waals surface area contributed by atoms with E-state index in [-0.39, 0.29) is 11.9 Å². The molecule has 2 unspecified atom stereocenters. The van der Waals surface area contributed by atoms with Crippen molar-refractivity contribution in [1.29, 1.82) is 0 Å². The van der Waals surface area contributed by atoms with Crippen LogP contribution >= 0.6 is 23.5 Å². The molecule has 1 heterocycles. The summed E-state index contributed by atoms with van der Waals surface area (Å²) in [5, 5.41) is 8.89. The lowest BCUT2D eigenvalue weighted by atomic mass is 9.93. The number of ether oxygens (including phenoxy) is 1. The lowest BCUT2D eigenvalue weighted by Gasteiger charge is -2.30. The van der Waals surface area contributed by atoms with Crippen LogP contribution in [0.3, 0.4) is 0 Å². The van der Waals surface area contributed by atoms with Crippen molar-refractivity contribution in [2.24, 2.45) is 5.92 Å². The van der Waals surface area contributed by atoms with E-state index in [1.54, 1.807) is 41.7 Å². The molecular formula is C24H25F3O3S2. The van der Waals surface area contributed by atoms with Gasteiger partial charge in [-0.25, -0.2) is 4.79 Å². The summed E-state index contributed by atoms with van der Waals surface area (Å²) < 4.78 is 43.9. The number of carbonyl (C=O) groups is 1. The number of benzene rings is 2. The summed E-state index contributed by atoms with van der Waals surface area (Å²) in [6.45, 7) is 5.79. The Morgan fingerprint density at radius 1 is 1.19 bits per heavy atom. The molecule has 0 saturated carbocycles. The second kappa shape index (κ2) is 10.3. The lowest BCUT2D eigenvalue weighted by Crippen LogP contribution is -2.13. The van der Waals surface area contributed by atoms with Gasteiger partial charge in [0.15, 0.2) is 6.61 Å². The van der Waals surface area contributed by atoms with Crippen molar-refractivity contribution in [2.45, 2.75) is 43.5 Å². The number of alkyl halides is 3. The number of allylic oxidation sites excluding steroid dienone is 1. The summed E-state index contributed by atoms with van der Waals surface area (Å²) in [7, 11) is 0. The molecule has 8 heteroatoms. The van der Waals surface area contributed by atoms with Gasteiger partial charge in [0.25, 0.3) is 0 Å². The maximum absolute atomic E-state index is 12.9. The Morgan fingerprint density at radius 3 is 2.47 bits per heavy atom. The van der Waals surface area contributed by atoms with Crippen LogP contribution in [0.1, 0.15) is 42.2 Å². The molecule has 3 nitrogen and oxygen atoms in total. The van der Waals surface area contributed by atoms with Gasteiger partial charge in [-0.1, -0.05) is 24.6 Å². The van der Waals surface area contributed by atoms with Crippen molar-refractivity contribution in [1.82, 2.24) is 0 Å². The largest absolute Gasteiger partial charge is 0.482 e. The van der Waals surface area contributed by atoms with E-state index in [0.717, 1.165) is 40.3 Å². The third-order valence-electron chi connectivity index (χ3n) is 5.51. The first kappa shape index (κ1) is 24.6. The molecule has 0 aromatic heterocycles. The normalized spacial score (nSPS) is 19.2. The fourth-order valence-corrected chi connectivity index (χ4v) is 6.29. The van der Waals surface area contributed by atoms with Crippen LogP contribution in [0, 0.1) is 12.8 Å². The van der Waals surface area contributed by atoms with E-state index >= 15 is 0 Å². The van der Waals surface area contributed by atoms with Gasteiger partial charge in [0.1, 0.15) is 5.75 Å². The zero-order chi connectivity index (χ0) is 23.5. The predicted molar refractivity (Wildman–Crippen MR) is 123 cm³/mol. The molecule has 172 valence electrons. The van der Waals surface area contributed by atoms with E-state index in [1.807, 2.05) is 19.1 Å². The summed E-state index contributed by atoms with van der Waals surface area (Å²) >= 11 is 3.42. The van der Waals surface area contributed by atoms with E-state index in [0.29, 0.717) is 11.7 Å². The number of thioether (sulfide) groups is 2. The SMILES string of the molecule is CC1=C(CSc2ccc(OCC(=O)O)c(C)c2)SC(c2ccc(C(F)(F)F)cc2)CC1C. The predicted octanol–water partition coefficient (Wildman–Crippen LogP) is 7.36. The van der Waals surface area contributed by atoms with Gasteiger partial charge < -0.3 is 9.84 Å². The van der Waals surface area contributed by atoms with Gasteiger partial charge in [-0.2, -0.15) is 13.2 Å². The maximum atomic E-state index is 12.9. The Morgan fingerprint density at radius 2 is 1.88 bits per heavy atom. The first-order chi connectivity index (χ1) is 15.0. The smallest absolute Gasteiger partial charge is 0.416 e. The zero-order valence-corrected chi connectivity index (χ0v) is 19.7. The van der Waals surface area contributed by atoms with Gasteiger partial charge >= 0.3 is 12.1 Å². The molecule has 0 amide bonds. The van der Waals surface area contributed by atoms with E-state index < -0.39 is 17.7 Å². The average Bonchev–Trinajstić information content (AvgIpc) is 2.73. The number of aliphatic carboxylic acids is 1. The van der Waals surface area contributed by atoms with Gasteiger partial charge in [-0.3, -0.25) is 0 Å². The highest BCUT2D eigenvalue weighted by Crippen LogP contribution is 2.49. The Balaban J connectivity index is 1.67. The van der Waals surface area contributed by atoms with E-state index in [1.165, 1.54) is 10.5 Å². The highest BCUT2D eigenvalue weighted by Gasteiger charge is 2.31. The molecule has 32 heavy (non-hydrogen) atoms. The zero-order valence-electron chi connectivity index (χ0n) is 18.0. The van der Waals surface area contributed by atoms with Crippen LogP contribution in [-0.2, 0) is 11.0 Å². The van der Waals surface area contributed by atoms with E-state index in [9.17, 15) is 18.0 Å². The first-order valence-corrected chi connectivity index (χ1v) is 12.0. The van der Waals surface area contributed by atoms with E-state index in [2.05, 4.69) is 13.8 Å². The fraction of sp³-hybridized carbons (Fsp3) is 0.375. The van der Waals surface area contributed by atoms with Crippen LogP contribution in [0.5, 0.6) is 5.75 Å². The Labute approximate surface area is 194 Å². The summed E-state index contributed by atoms with van der Waals surface area (Å²) in [5.41, 5.74) is 2.49. The minimum absolute atomic E-state index is 0.125. The number of carboxylic acids is 1. The Kier molecular flexibility index (Phi) is 7.88. The summed E-state index contributed by atoms with van der Waals surface area (Å²) in [5.74, 6) is 0.659. The van der Waals surface area contributed by atoms with Crippen molar-refractivity contribution in [3.63, 3.8) is 0 Å². The highest BCUT2D eigenvalue weighted by molar-refractivity contribution is 8.06. The van der Waals surface area contributed by atoms with Crippen LogP contribution in [0.25, 0.3) is 0 Å². The molecule has 2 aromatic carbocycles. The third-order valence-corrected chi connectivity index (χ3v) is 8.21. The maximum Gasteiger partial charge on any atom is 0.416 e. The molecule has 2 aromatic rings.